The van der Waals surface area contributed by atoms with E-state index in [1.807, 2.05) is 29.9 Å². The molecule has 3 atom stereocenters. The number of nitrogens with two attached hydrogens (primary N) is 1. The lowest BCUT2D eigenvalue weighted by atomic mass is 10.0. The van der Waals surface area contributed by atoms with Gasteiger partial charge in [0.15, 0.2) is 9.84 Å². The Labute approximate surface area is 179 Å². The van der Waals surface area contributed by atoms with E-state index in [9.17, 15) is 13.2 Å². The molecule has 2 fully saturated rings. The van der Waals surface area contributed by atoms with E-state index in [1.165, 1.54) is 0 Å². The third kappa shape index (κ3) is 5.79. The van der Waals surface area contributed by atoms with Gasteiger partial charge in [0.05, 0.1) is 11.0 Å². The average Bonchev–Trinajstić information content (AvgIpc) is 3.29. The number of nitrogens with zero attached hydrogens (tertiary/aromatic N) is 3. The maximum atomic E-state index is 12.7. The zero-order chi connectivity index (χ0) is 23.5. The summed E-state index contributed by atoms with van der Waals surface area (Å²) in [6.07, 6.45) is 1.89. The number of amides is 1. The first-order valence-corrected chi connectivity index (χ1v) is 11.1. The molecule has 0 bridgehead atoms. The van der Waals surface area contributed by atoms with Gasteiger partial charge in [-0.3, -0.25) is 14.4 Å². The smallest absolute Gasteiger partial charge is 0.300 e. The van der Waals surface area contributed by atoms with Gasteiger partial charge in [0.1, 0.15) is 11.3 Å². The number of carboxylic acids is 2. The molecule has 12 heteroatoms. The first-order chi connectivity index (χ1) is 14.3. The number of hydrogen-bond acceptors (Lipinski definition) is 7. The number of rotatable bonds is 1. The van der Waals surface area contributed by atoms with Crippen molar-refractivity contribution in [1.82, 2.24) is 14.5 Å². The summed E-state index contributed by atoms with van der Waals surface area (Å²) >= 11 is 0. The topological polar surface area (TPSA) is 173 Å². The van der Waals surface area contributed by atoms with Crippen molar-refractivity contribution in [2.75, 3.05) is 18.8 Å². The van der Waals surface area contributed by atoms with Crippen LogP contribution in [0, 0.1) is 5.92 Å². The largest absolute Gasteiger partial charge is 0.481 e. The summed E-state index contributed by atoms with van der Waals surface area (Å²) < 4.78 is 26.1. The summed E-state index contributed by atoms with van der Waals surface area (Å²) in [5, 5.41) is 15.3. The Hall–Kier alpha value is -2.99. The zero-order valence-corrected chi connectivity index (χ0v) is 18.2. The average molecular weight is 455 g/mol. The minimum atomic E-state index is -3.20. The molecule has 0 unspecified atom stereocenters. The molecule has 4 N–H and O–H groups in total. The van der Waals surface area contributed by atoms with Crippen molar-refractivity contribution in [3.05, 3.63) is 30.1 Å². The molecule has 0 radical (unpaired) electrons. The molecule has 0 spiro atoms. The summed E-state index contributed by atoms with van der Waals surface area (Å²) in [4.78, 5) is 36.7. The molecule has 1 amide bonds. The van der Waals surface area contributed by atoms with E-state index >= 15 is 0 Å². The van der Waals surface area contributed by atoms with Gasteiger partial charge < -0.3 is 25.4 Å². The molecule has 0 aliphatic carbocycles. The Balaban J connectivity index is 0.000000370. The Morgan fingerprint density at radius 3 is 2.23 bits per heavy atom. The van der Waals surface area contributed by atoms with Crippen molar-refractivity contribution < 1.29 is 33.0 Å². The number of likely N-dealkylation sites (tertiary alicyclic amines) is 1. The van der Waals surface area contributed by atoms with E-state index in [-0.39, 0.29) is 30.2 Å². The van der Waals surface area contributed by atoms with E-state index in [2.05, 4.69) is 4.98 Å². The van der Waals surface area contributed by atoms with Crippen molar-refractivity contribution in [2.24, 2.45) is 18.7 Å². The van der Waals surface area contributed by atoms with Crippen LogP contribution in [-0.4, -0.2) is 81.1 Å². The predicted molar refractivity (Wildman–Crippen MR) is 112 cm³/mol. The van der Waals surface area contributed by atoms with Crippen LogP contribution in [0.4, 0.5) is 0 Å². The first kappa shape index (κ1) is 24.3. The quantitative estimate of drug-likeness (QED) is 0.534. The van der Waals surface area contributed by atoms with E-state index in [0.717, 1.165) is 24.9 Å². The third-order valence-corrected chi connectivity index (χ3v) is 7.24. The highest BCUT2D eigenvalue weighted by Crippen LogP contribution is 2.33. The minimum absolute atomic E-state index is 0.0257. The maximum absolute atomic E-state index is 12.7. The van der Waals surface area contributed by atoms with Crippen molar-refractivity contribution in [3.63, 3.8) is 0 Å². The third-order valence-electron chi connectivity index (χ3n) is 4.97. The molecular formula is C19H26N4O7S. The molecule has 2 aliphatic heterocycles. The molecule has 0 aromatic carbocycles. The van der Waals surface area contributed by atoms with Crippen LogP contribution in [0.5, 0.6) is 0 Å². The molecule has 31 heavy (non-hydrogen) atoms. The number of aliphatic carboxylic acids is 2. The molecule has 0 saturated carbocycles. The van der Waals surface area contributed by atoms with E-state index in [0.29, 0.717) is 12.2 Å². The standard InChI is InChI=1S/C15H18N4O3S.2C2H4O2/c1-18-5-4-9-2-3-12(17-14(9)18)15(20)19-6-10-11(16)8-23(21,22)13(10)7-19;2*1-2(3)4/h2-5,10-11,13H,6-8,16H2,1H3;2*1H3,(H,3,4)/t10-,11+,13-;;/m0../s1. The van der Waals surface area contributed by atoms with Crippen molar-refractivity contribution in [2.45, 2.75) is 25.1 Å². The van der Waals surface area contributed by atoms with Gasteiger partial charge in [-0.1, -0.05) is 0 Å². The highest BCUT2D eigenvalue weighted by molar-refractivity contribution is 7.92. The van der Waals surface area contributed by atoms with Gasteiger partial charge in [-0.2, -0.15) is 0 Å². The molecule has 2 saturated heterocycles. The number of pyridine rings is 1. The normalized spacial score (nSPS) is 23.2. The molecule has 2 aromatic rings. The summed E-state index contributed by atoms with van der Waals surface area (Å²) in [6.45, 7) is 2.77. The highest BCUT2D eigenvalue weighted by atomic mass is 32.2. The lowest BCUT2D eigenvalue weighted by molar-refractivity contribution is -0.135. The van der Waals surface area contributed by atoms with Crippen LogP contribution in [0.3, 0.4) is 0 Å². The number of hydrogen-bond donors (Lipinski definition) is 3. The number of carbonyl (C=O) groups excluding carboxylic acids is 1. The molecular weight excluding hydrogens is 428 g/mol. The highest BCUT2D eigenvalue weighted by Gasteiger charge is 2.51. The van der Waals surface area contributed by atoms with Crippen molar-refractivity contribution >= 4 is 38.7 Å². The lowest BCUT2D eigenvalue weighted by Crippen LogP contribution is -2.36. The van der Waals surface area contributed by atoms with Crippen LogP contribution in [-0.2, 0) is 26.5 Å². The maximum Gasteiger partial charge on any atom is 0.300 e. The number of carbonyl (C=O) groups is 3. The molecule has 11 nitrogen and oxygen atoms in total. The first-order valence-electron chi connectivity index (χ1n) is 9.41. The second kappa shape index (κ2) is 9.43. The number of carboxylic acid groups (broad SMARTS) is 2. The molecule has 2 aromatic heterocycles. The fraction of sp³-hybridized carbons (Fsp3) is 0.474. The van der Waals surface area contributed by atoms with Gasteiger partial charge in [-0.15, -0.1) is 0 Å². The Morgan fingerprint density at radius 1 is 1.10 bits per heavy atom. The Bertz CT molecular complexity index is 1080. The van der Waals surface area contributed by atoms with Crippen LogP contribution in [0.25, 0.3) is 11.0 Å². The minimum Gasteiger partial charge on any atom is -0.481 e. The summed E-state index contributed by atoms with van der Waals surface area (Å²) in [6, 6.07) is 5.09. The van der Waals surface area contributed by atoms with Crippen LogP contribution >= 0.6 is 0 Å². The van der Waals surface area contributed by atoms with Gasteiger partial charge in [-0.05, 0) is 18.2 Å². The zero-order valence-electron chi connectivity index (χ0n) is 17.4. The van der Waals surface area contributed by atoms with Crippen molar-refractivity contribution in [3.8, 4) is 0 Å². The molecule has 170 valence electrons. The van der Waals surface area contributed by atoms with Gasteiger partial charge in [0, 0.05) is 57.5 Å². The summed E-state index contributed by atoms with van der Waals surface area (Å²) in [5.74, 6) is -2.04. The predicted octanol–water partition coefficient (Wildman–Crippen LogP) is -0.0486. The van der Waals surface area contributed by atoms with Crippen LogP contribution in [0.1, 0.15) is 24.3 Å². The Morgan fingerprint density at radius 2 is 1.68 bits per heavy atom. The second-order valence-electron chi connectivity index (χ2n) is 7.48. The number of fused-ring (bicyclic) bond motifs is 2. The van der Waals surface area contributed by atoms with E-state index < -0.39 is 27.0 Å². The van der Waals surface area contributed by atoms with Crippen LogP contribution in [0.2, 0.25) is 0 Å². The fourth-order valence-corrected chi connectivity index (χ4v) is 5.95. The lowest BCUT2D eigenvalue weighted by Gasteiger charge is -2.18. The van der Waals surface area contributed by atoms with E-state index in [1.54, 1.807) is 11.0 Å². The van der Waals surface area contributed by atoms with Gasteiger partial charge >= 0.3 is 0 Å². The summed E-state index contributed by atoms with van der Waals surface area (Å²) in [5.41, 5.74) is 7.01. The Kier molecular flexibility index (Phi) is 7.39. The van der Waals surface area contributed by atoms with Gasteiger partial charge in [0.2, 0.25) is 0 Å². The molecule has 2 aliphatic rings. The second-order valence-corrected chi connectivity index (χ2v) is 9.74. The number of aryl methyl sites for hydroxylation is 1. The molecule has 4 heterocycles. The molecule has 4 rings (SSSR count). The van der Waals surface area contributed by atoms with Gasteiger partial charge in [-0.25, -0.2) is 13.4 Å². The number of sulfone groups is 1. The monoisotopic (exact) mass is 454 g/mol. The SMILES string of the molecule is CC(=O)O.CC(=O)O.Cn1ccc2ccc(C(=O)N3C[C@H]4[C@H](N)CS(=O)(=O)[C@H]4C3)nc21. The van der Waals surface area contributed by atoms with E-state index in [4.69, 9.17) is 25.5 Å². The fourth-order valence-electron chi connectivity index (χ4n) is 3.69. The van der Waals surface area contributed by atoms with Gasteiger partial charge in [0.25, 0.3) is 17.8 Å². The summed E-state index contributed by atoms with van der Waals surface area (Å²) in [7, 11) is -1.33. The van der Waals surface area contributed by atoms with Crippen LogP contribution < -0.4 is 5.73 Å². The van der Waals surface area contributed by atoms with Crippen molar-refractivity contribution in [1.29, 1.82) is 0 Å². The van der Waals surface area contributed by atoms with Crippen LogP contribution in [0.15, 0.2) is 24.4 Å². The number of aromatic nitrogens is 2.